The second kappa shape index (κ2) is 12.8. The molecule has 9 heteroatoms. The van der Waals surface area contributed by atoms with E-state index in [0.29, 0.717) is 12.5 Å². The minimum atomic E-state index is -4.48. The summed E-state index contributed by atoms with van der Waals surface area (Å²) >= 11 is 0. The molecule has 3 N–H and O–H groups in total. The average Bonchev–Trinajstić information content (AvgIpc) is 3.22. The number of nitrogens with one attached hydrogen (secondary N) is 3. The van der Waals surface area contributed by atoms with Gasteiger partial charge in [0.2, 0.25) is 5.91 Å². The van der Waals surface area contributed by atoms with Crippen molar-refractivity contribution in [3.8, 4) is 0 Å². The van der Waals surface area contributed by atoms with Crippen LogP contribution >= 0.6 is 0 Å². The largest absolute Gasteiger partial charge is 0.416 e. The Morgan fingerprint density at radius 3 is 2.53 bits per heavy atom. The minimum Gasteiger partial charge on any atom is -0.381 e. The SMILES string of the molecule is C=C1/C=C\C(C(F)(F)F)=C/C/C(NC(=O)[C@H]2CC[C@@H](NC3CCOCC3)C2)=N\N1.CCC. The van der Waals surface area contributed by atoms with Crippen LogP contribution in [0.4, 0.5) is 13.2 Å². The number of hydrogen-bond acceptors (Lipinski definition) is 5. The highest BCUT2D eigenvalue weighted by molar-refractivity contribution is 5.99. The third-order valence-electron chi connectivity index (χ3n) is 5.40. The molecule has 6 nitrogen and oxygen atoms in total. The first-order valence-electron chi connectivity index (χ1n) is 11.3. The van der Waals surface area contributed by atoms with Crippen LogP contribution in [0.5, 0.6) is 0 Å². The average molecular weight is 457 g/mol. The molecule has 0 radical (unpaired) electrons. The smallest absolute Gasteiger partial charge is 0.381 e. The van der Waals surface area contributed by atoms with Gasteiger partial charge in [0.05, 0.1) is 5.57 Å². The monoisotopic (exact) mass is 456 g/mol. The van der Waals surface area contributed by atoms with E-state index >= 15 is 0 Å². The van der Waals surface area contributed by atoms with Crippen LogP contribution in [-0.2, 0) is 9.53 Å². The zero-order chi connectivity index (χ0) is 23.6. The fourth-order valence-corrected chi connectivity index (χ4v) is 3.79. The van der Waals surface area contributed by atoms with Gasteiger partial charge in [0.25, 0.3) is 0 Å². The topological polar surface area (TPSA) is 74.8 Å². The lowest BCUT2D eigenvalue weighted by Crippen LogP contribution is -2.41. The van der Waals surface area contributed by atoms with Gasteiger partial charge in [0.1, 0.15) is 5.84 Å². The van der Waals surface area contributed by atoms with Crippen LogP contribution < -0.4 is 16.1 Å². The number of amidine groups is 1. The number of hydrazone groups is 1. The van der Waals surface area contributed by atoms with E-state index in [4.69, 9.17) is 4.74 Å². The number of hydrogen-bond donors (Lipinski definition) is 3. The Labute approximate surface area is 188 Å². The number of alkyl halides is 3. The van der Waals surface area contributed by atoms with E-state index in [-0.39, 0.29) is 35.8 Å². The van der Waals surface area contributed by atoms with Gasteiger partial charge in [-0.3, -0.25) is 10.2 Å². The number of halogens is 3. The van der Waals surface area contributed by atoms with Crippen LogP contribution in [0.2, 0.25) is 0 Å². The van der Waals surface area contributed by atoms with E-state index < -0.39 is 11.7 Å². The minimum absolute atomic E-state index is 0.137. The summed E-state index contributed by atoms with van der Waals surface area (Å²) in [6, 6.07) is 0.693. The summed E-state index contributed by atoms with van der Waals surface area (Å²) in [4.78, 5) is 12.6. The first-order valence-corrected chi connectivity index (χ1v) is 11.3. The summed E-state index contributed by atoms with van der Waals surface area (Å²) < 4.78 is 44.6. The number of rotatable bonds is 3. The summed E-state index contributed by atoms with van der Waals surface area (Å²) in [5.74, 6) is -0.251. The summed E-state index contributed by atoms with van der Waals surface area (Å²) in [5, 5.41) is 10.3. The van der Waals surface area contributed by atoms with Crippen molar-refractivity contribution in [3.63, 3.8) is 0 Å². The summed E-state index contributed by atoms with van der Waals surface area (Å²) in [6.07, 6.45) is 4.10. The summed E-state index contributed by atoms with van der Waals surface area (Å²) in [7, 11) is 0. The molecule has 0 unspecified atom stereocenters. The number of allylic oxidation sites excluding steroid dienone is 3. The maximum Gasteiger partial charge on any atom is 0.416 e. The number of ether oxygens (including phenoxy) is 1. The predicted octanol–water partition coefficient (Wildman–Crippen LogP) is 4.32. The standard InChI is InChI=1S/C20H27F3N4O2.C3H8/c1-13-2-4-15(20(21,22)23)5-7-18(27-26-13)25-19(28)14-3-6-17(12-14)24-16-8-10-29-11-9-16;1-3-2/h2,4-5,14,16-17,24,26H,1,3,6-12H2,(H,25,27,28);3H2,1-2H3/b4-2-,15-5+;/t14-,17+;/m0./s1. The van der Waals surface area contributed by atoms with Crippen molar-refractivity contribution in [2.45, 2.75) is 77.1 Å². The maximum absolute atomic E-state index is 13.1. The van der Waals surface area contributed by atoms with E-state index in [2.05, 4.69) is 41.6 Å². The van der Waals surface area contributed by atoms with Crippen molar-refractivity contribution >= 4 is 11.7 Å². The van der Waals surface area contributed by atoms with E-state index in [0.717, 1.165) is 51.0 Å². The van der Waals surface area contributed by atoms with Gasteiger partial charge in [0.15, 0.2) is 0 Å². The Morgan fingerprint density at radius 2 is 1.88 bits per heavy atom. The number of carbonyl (C=O) groups excluding carboxylic acids is 1. The van der Waals surface area contributed by atoms with Crippen molar-refractivity contribution in [1.29, 1.82) is 0 Å². The lowest BCUT2D eigenvalue weighted by Gasteiger charge is -2.26. The normalized spacial score (nSPS) is 29.0. The highest BCUT2D eigenvalue weighted by Crippen LogP contribution is 2.28. The van der Waals surface area contributed by atoms with Crippen molar-refractivity contribution in [1.82, 2.24) is 16.1 Å². The molecule has 3 aliphatic rings. The first-order chi connectivity index (χ1) is 15.2. The van der Waals surface area contributed by atoms with Gasteiger partial charge in [-0.2, -0.15) is 18.3 Å². The van der Waals surface area contributed by atoms with Gasteiger partial charge < -0.3 is 15.4 Å². The lowest BCUT2D eigenvalue weighted by molar-refractivity contribution is -0.123. The lowest BCUT2D eigenvalue weighted by atomic mass is 10.1. The van der Waals surface area contributed by atoms with Crippen LogP contribution in [0.1, 0.15) is 58.8 Å². The third-order valence-corrected chi connectivity index (χ3v) is 5.40. The van der Waals surface area contributed by atoms with E-state index in [1.807, 2.05) is 0 Å². The van der Waals surface area contributed by atoms with Crippen LogP contribution in [0, 0.1) is 5.92 Å². The molecule has 0 aromatic heterocycles. The molecule has 1 amide bonds. The van der Waals surface area contributed by atoms with Gasteiger partial charge in [-0.25, -0.2) is 0 Å². The zero-order valence-electron chi connectivity index (χ0n) is 18.9. The highest BCUT2D eigenvalue weighted by Gasteiger charge is 2.33. The number of nitrogens with zero attached hydrogens (tertiary/aromatic N) is 1. The van der Waals surface area contributed by atoms with Crippen LogP contribution in [0.25, 0.3) is 0 Å². The Bertz CT molecular complexity index is 725. The van der Waals surface area contributed by atoms with Gasteiger partial charge >= 0.3 is 6.18 Å². The van der Waals surface area contributed by atoms with Crippen molar-refractivity contribution in [2.75, 3.05) is 13.2 Å². The summed E-state index contributed by atoms with van der Waals surface area (Å²) in [5.41, 5.74) is 1.98. The quantitative estimate of drug-likeness (QED) is 0.591. The molecule has 2 aliphatic heterocycles. The molecule has 2 atom stereocenters. The second-order valence-corrected chi connectivity index (χ2v) is 8.35. The summed E-state index contributed by atoms with van der Waals surface area (Å²) in [6.45, 7) is 9.37. The molecule has 0 bridgehead atoms. The Kier molecular flexibility index (Phi) is 10.4. The molecule has 1 aliphatic carbocycles. The molecular formula is C23H35F3N4O2. The zero-order valence-corrected chi connectivity index (χ0v) is 18.9. The third kappa shape index (κ3) is 8.78. The van der Waals surface area contributed by atoms with E-state index in [9.17, 15) is 18.0 Å². The molecule has 2 fully saturated rings. The molecule has 180 valence electrons. The second-order valence-electron chi connectivity index (χ2n) is 8.35. The number of carbonyl (C=O) groups is 1. The Balaban J connectivity index is 0.00000114. The van der Waals surface area contributed by atoms with E-state index in [1.54, 1.807) is 0 Å². The molecule has 1 saturated heterocycles. The van der Waals surface area contributed by atoms with Crippen molar-refractivity contribution in [2.24, 2.45) is 11.0 Å². The van der Waals surface area contributed by atoms with E-state index in [1.165, 1.54) is 12.5 Å². The van der Waals surface area contributed by atoms with Crippen molar-refractivity contribution < 1.29 is 22.7 Å². The molecule has 3 rings (SSSR count). The Hall–Kier alpha value is -2.13. The fourth-order valence-electron chi connectivity index (χ4n) is 3.79. The fraction of sp³-hybridized carbons (Fsp3) is 0.652. The van der Waals surface area contributed by atoms with Crippen LogP contribution in [-0.4, -0.2) is 43.2 Å². The van der Waals surface area contributed by atoms with Gasteiger partial charge in [-0.05, 0) is 44.3 Å². The highest BCUT2D eigenvalue weighted by atomic mass is 19.4. The van der Waals surface area contributed by atoms with Crippen molar-refractivity contribution in [3.05, 3.63) is 36.1 Å². The molecular weight excluding hydrogens is 421 g/mol. The first kappa shape index (κ1) is 26.1. The number of amides is 1. The van der Waals surface area contributed by atoms with Gasteiger partial charge in [-0.15, -0.1) is 0 Å². The molecule has 1 saturated carbocycles. The predicted molar refractivity (Wildman–Crippen MR) is 120 cm³/mol. The van der Waals surface area contributed by atoms with Gasteiger partial charge in [0, 0.05) is 43.3 Å². The van der Waals surface area contributed by atoms with Gasteiger partial charge in [-0.1, -0.05) is 32.9 Å². The van der Waals surface area contributed by atoms with Crippen LogP contribution in [0.15, 0.2) is 41.2 Å². The Morgan fingerprint density at radius 1 is 1.19 bits per heavy atom. The molecule has 0 aromatic carbocycles. The molecule has 32 heavy (non-hydrogen) atoms. The molecule has 0 aromatic rings. The molecule has 0 spiro atoms. The molecule has 2 heterocycles. The van der Waals surface area contributed by atoms with Crippen LogP contribution in [0.3, 0.4) is 0 Å². The maximum atomic E-state index is 13.1.